The Hall–Kier alpha value is -1.94. The largest absolute Gasteiger partial charge is 0.496 e. The molecule has 0 radical (unpaired) electrons. The topological polar surface area (TPSA) is 38.3 Å². The summed E-state index contributed by atoms with van der Waals surface area (Å²) in [6.07, 6.45) is 3.02. The van der Waals surface area contributed by atoms with Gasteiger partial charge in [0.25, 0.3) is 5.91 Å². The number of ether oxygens (including phenoxy) is 1. The monoisotopic (exact) mass is 329 g/mol. The number of amides is 1. The van der Waals surface area contributed by atoms with Crippen LogP contribution in [0.4, 0.5) is 5.69 Å². The SMILES string of the molecule is CCC(C)c1ccccc1NC(=O)c1ccc(SC)cc1OC. The number of para-hydroxylation sites is 1. The molecular formula is C19H23NO2S. The molecule has 2 aromatic rings. The molecule has 1 N–H and O–H groups in total. The van der Waals surface area contributed by atoms with Crippen LogP contribution >= 0.6 is 11.8 Å². The zero-order valence-electron chi connectivity index (χ0n) is 14.1. The van der Waals surface area contributed by atoms with Gasteiger partial charge in [-0.3, -0.25) is 4.79 Å². The van der Waals surface area contributed by atoms with Gasteiger partial charge in [0.15, 0.2) is 0 Å². The van der Waals surface area contributed by atoms with Gasteiger partial charge >= 0.3 is 0 Å². The maximum atomic E-state index is 12.7. The summed E-state index contributed by atoms with van der Waals surface area (Å²) >= 11 is 1.62. The number of methoxy groups -OCH3 is 1. The highest BCUT2D eigenvalue weighted by Gasteiger charge is 2.16. The summed E-state index contributed by atoms with van der Waals surface area (Å²) in [7, 11) is 1.59. The van der Waals surface area contributed by atoms with Gasteiger partial charge in [-0.1, -0.05) is 32.0 Å². The molecule has 0 fully saturated rings. The lowest BCUT2D eigenvalue weighted by Crippen LogP contribution is -2.15. The number of anilines is 1. The van der Waals surface area contributed by atoms with Crippen molar-refractivity contribution >= 4 is 23.4 Å². The Morgan fingerprint density at radius 3 is 2.65 bits per heavy atom. The minimum atomic E-state index is -0.148. The molecule has 3 nitrogen and oxygen atoms in total. The zero-order valence-corrected chi connectivity index (χ0v) is 14.9. The third-order valence-corrected chi connectivity index (χ3v) is 4.73. The molecule has 2 rings (SSSR count). The molecule has 0 aromatic heterocycles. The summed E-state index contributed by atoms with van der Waals surface area (Å²) in [5, 5.41) is 3.03. The van der Waals surface area contributed by atoms with Crippen molar-refractivity contribution in [3.05, 3.63) is 53.6 Å². The Balaban J connectivity index is 2.30. The van der Waals surface area contributed by atoms with Crippen molar-refractivity contribution in [2.75, 3.05) is 18.7 Å². The number of carbonyl (C=O) groups excluding carboxylic acids is 1. The fraction of sp³-hybridized carbons (Fsp3) is 0.316. The molecule has 4 heteroatoms. The molecule has 122 valence electrons. The summed E-state index contributed by atoms with van der Waals surface area (Å²) < 4.78 is 5.37. The van der Waals surface area contributed by atoms with E-state index in [-0.39, 0.29) is 5.91 Å². The van der Waals surface area contributed by atoms with E-state index in [2.05, 4.69) is 25.2 Å². The van der Waals surface area contributed by atoms with E-state index in [0.29, 0.717) is 17.2 Å². The van der Waals surface area contributed by atoms with E-state index in [9.17, 15) is 4.79 Å². The number of benzene rings is 2. The highest BCUT2D eigenvalue weighted by molar-refractivity contribution is 7.98. The van der Waals surface area contributed by atoms with Crippen molar-refractivity contribution in [2.24, 2.45) is 0 Å². The second kappa shape index (κ2) is 8.06. The van der Waals surface area contributed by atoms with E-state index >= 15 is 0 Å². The number of rotatable bonds is 6. The first-order chi connectivity index (χ1) is 11.1. The van der Waals surface area contributed by atoms with Crippen molar-refractivity contribution in [2.45, 2.75) is 31.1 Å². The number of nitrogens with one attached hydrogen (secondary N) is 1. The van der Waals surface area contributed by atoms with E-state index in [4.69, 9.17) is 4.74 Å². The highest BCUT2D eigenvalue weighted by atomic mass is 32.2. The molecule has 0 aliphatic heterocycles. The van der Waals surface area contributed by atoms with Gasteiger partial charge in [0.2, 0.25) is 0 Å². The smallest absolute Gasteiger partial charge is 0.259 e. The van der Waals surface area contributed by atoms with Crippen LogP contribution in [0.15, 0.2) is 47.4 Å². The lowest BCUT2D eigenvalue weighted by Gasteiger charge is -2.16. The van der Waals surface area contributed by atoms with Crippen LogP contribution in [0.5, 0.6) is 5.75 Å². The summed E-state index contributed by atoms with van der Waals surface area (Å²) in [5.74, 6) is 0.841. The summed E-state index contributed by atoms with van der Waals surface area (Å²) in [4.78, 5) is 13.7. The molecular weight excluding hydrogens is 306 g/mol. The second-order valence-corrected chi connectivity index (χ2v) is 6.30. The summed E-state index contributed by atoms with van der Waals surface area (Å²) in [6.45, 7) is 4.31. The minimum absolute atomic E-state index is 0.148. The van der Waals surface area contributed by atoms with Gasteiger partial charge in [0, 0.05) is 10.6 Å². The quantitative estimate of drug-likeness (QED) is 0.742. The van der Waals surface area contributed by atoms with Gasteiger partial charge in [0.1, 0.15) is 5.75 Å². The zero-order chi connectivity index (χ0) is 16.8. The predicted octanol–water partition coefficient (Wildman–Crippen LogP) is 5.18. The maximum absolute atomic E-state index is 12.7. The van der Waals surface area contributed by atoms with Gasteiger partial charge < -0.3 is 10.1 Å². The molecule has 0 aliphatic carbocycles. The first-order valence-electron chi connectivity index (χ1n) is 7.73. The molecule has 1 unspecified atom stereocenters. The molecule has 0 heterocycles. The van der Waals surface area contributed by atoms with Gasteiger partial charge in [-0.05, 0) is 48.4 Å². The van der Waals surface area contributed by atoms with Gasteiger partial charge in [-0.25, -0.2) is 0 Å². The second-order valence-electron chi connectivity index (χ2n) is 5.42. The van der Waals surface area contributed by atoms with Gasteiger partial charge in [-0.15, -0.1) is 11.8 Å². The molecule has 0 saturated heterocycles. The first-order valence-corrected chi connectivity index (χ1v) is 8.95. The summed E-state index contributed by atoms with van der Waals surface area (Å²) in [6, 6.07) is 13.6. The van der Waals surface area contributed by atoms with Crippen LogP contribution in [0.1, 0.15) is 42.1 Å². The Bertz CT molecular complexity index is 685. The maximum Gasteiger partial charge on any atom is 0.259 e. The highest BCUT2D eigenvalue weighted by Crippen LogP contribution is 2.29. The van der Waals surface area contributed by atoms with Crippen LogP contribution in [-0.2, 0) is 0 Å². The molecule has 0 saturated carbocycles. The third-order valence-electron chi connectivity index (χ3n) is 4.01. The average molecular weight is 329 g/mol. The molecule has 1 amide bonds. The fourth-order valence-corrected chi connectivity index (χ4v) is 2.87. The van der Waals surface area contributed by atoms with Crippen molar-refractivity contribution in [1.82, 2.24) is 0 Å². The first kappa shape index (κ1) is 17.4. The fourth-order valence-electron chi connectivity index (χ4n) is 2.44. The average Bonchev–Trinajstić information content (AvgIpc) is 2.60. The van der Waals surface area contributed by atoms with E-state index in [1.807, 2.05) is 42.7 Å². The molecule has 2 aromatic carbocycles. The molecule has 0 aliphatic rings. The van der Waals surface area contributed by atoms with Crippen molar-refractivity contribution in [1.29, 1.82) is 0 Å². The number of carbonyl (C=O) groups is 1. The molecule has 1 atom stereocenters. The van der Waals surface area contributed by atoms with Crippen molar-refractivity contribution in [3.63, 3.8) is 0 Å². The predicted molar refractivity (Wildman–Crippen MR) is 97.9 cm³/mol. The Labute approximate surface area is 142 Å². The van der Waals surface area contributed by atoms with Crippen molar-refractivity contribution in [3.8, 4) is 5.75 Å². The molecule has 0 spiro atoms. The minimum Gasteiger partial charge on any atom is -0.496 e. The Morgan fingerprint density at radius 1 is 1.26 bits per heavy atom. The van der Waals surface area contributed by atoms with E-state index in [1.165, 1.54) is 0 Å². The van der Waals surface area contributed by atoms with Crippen LogP contribution in [0.3, 0.4) is 0 Å². The van der Waals surface area contributed by atoms with Crippen LogP contribution in [0, 0.1) is 0 Å². The van der Waals surface area contributed by atoms with Gasteiger partial charge in [-0.2, -0.15) is 0 Å². The normalized spacial score (nSPS) is 11.8. The third kappa shape index (κ3) is 4.08. The standard InChI is InChI=1S/C19H23NO2S/c1-5-13(2)15-8-6-7-9-17(15)20-19(21)16-11-10-14(23-4)12-18(16)22-3/h6-13H,5H2,1-4H3,(H,20,21). The number of hydrogen-bond donors (Lipinski definition) is 1. The Morgan fingerprint density at radius 2 is 2.00 bits per heavy atom. The van der Waals surface area contributed by atoms with Crippen molar-refractivity contribution < 1.29 is 9.53 Å². The van der Waals surface area contributed by atoms with Crippen LogP contribution in [0.2, 0.25) is 0 Å². The van der Waals surface area contributed by atoms with Crippen LogP contribution < -0.4 is 10.1 Å². The lowest BCUT2D eigenvalue weighted by molar-refractivity contribution is 0.102. The summed E-state index contributed by atoms with van der Waals surface area (Å²) in [5.41, 5.74) is 2.56. The van der Waals surface area contributed by atoms with Crippen LogP contribution in [0.25, 0.3) is 0 Å². The molecule has 23 heavy (non-hydrogen) atoms. The van der Waals surface area contributed by atoms with E-state index in [1.54, 1.807) is 18.9 Å². The van der Waals surface area contributed by atoms with Gasteiger partial charge in [0.05, 0.1) is 12.7 Å². The number of thioether (sulfide) groups is 1. The van der Waals surface area contributed by atoms with E-state index < -0.39 is 0 Å². The van der Waals surface area contributed by atoms with E-state index in [0.717, 1.165) is 22.6 Å². The molecule has 0 bridgehead atoms. The number of hydrogen-bond acceptors (Lipinski definition) is 3. The Kier molecular flexibility index (Phi) is 6.11. The van der Waals surface area contributed by atoms with Crippen LogP contribution in [-0.4, -0.2) is 19.3 Å². The lowest BCUT2D eigenvalue weighted by atomic mass is 9.96.